The average Bonchev–Trinajstić information content (AvgIpc) is 2.88. The van der Waals surface area contributed by atoms with Gasteiger partial charge in [-0.2, -0.15) is 5.10 Å². The molecule has 0 saturated carbocycles. The fourth-order valence-corrected chi connectivity index (χ4v) is 2.32. The molecule has 1 heterocycles. The molecule has 0 aliphatic carbocycles. The minimum Gasteiger partial charge on any atom is -0.495 e. The number of carbonyl (C=O) groups excluding carboxylic acids is 1. The molecule has 1 aromatic heterocycles. The molecule has 0 aliphatic rings. The summed E-state index contributed by atoms with van der Waals surface area (Å²) >= 11 is 0. The van der Waals surface area contributed by atoms with E-state index in [9.17, 15) is 14.7 Å². The maximum absolute atomic E-state index is 12.6. The van der Waals surface area contributed by atoms with Crippen LogP contribution in [0.4, 0.5) is 5.69 Å². The van der Waals surface area contributed by atoms with Gasteiger partial charge < -0.3 is 15.2 Å². The van der Waals surface area contributed by atoms with Crippen molar-refractivity contribution in [2.75, 3.05) is 12.4 Å². The lowest BCUT2D eigenvalue weighted by Crippen LogP contribution is -2.20. The Bertz CT molecular complexity index is 788. The molecule has 2 N–H and O–H groups in total. The van der Waals surface area contributed by atoms with E-state index in [4.69, 9.17) is 4.74 Å². The first-order valence-electron chi connectivity index (χ1n) is 7.40. The molecular weight excluding hydrogens is 310 g/mol. The number of aromatic nitrogens is 2. The number of ether oxygens (including phenoxy) is 1. The minimum absolute atomic E-state index is 0.0225. The van der Waals surface area contributed by atoms with Gasteiger partial charge >= 0.3 is 5.97 Å². The van der Waals surface area contributed by atoms with Crippen LogP contribution >= 0.6 is 0 Å². The van der Waals surface area contributed by atoms with Gasteiger partial charge in [-0.25, -0.2) is 4.79 Å². The number of nitrogens with zero attached hydrogens (tertiary/aromatic N) is 2. The number of anilines is 1. The zero-order chi connectivity index (χ0) is 18.1. The summed E-state index contributed by atoms with van der Waals surface area (Å²) < 4.78 is 6.52. The molecule has 0 fully saturated rings. The maximum atomic E-state index is 12.6. The van der Waals surface area contributed by atoms with Gasteiger partial charge in [-0.15, -0.1) is 0 Å². The summed E-state index contributed by atoms with van der Waals surface area (Å²) in [4.78, 5) is 23.8. The molecule has 0 atom stereocenters. The van der Waals surface area contributed by atoms with Gasteiger partial charge in [0.05, 0.1) is 19.0 Å². The molecule has 7 nitrogen and oxygen atoms in total. The van der Waals surface area contributed by atoms with E-state index >= 15 is 0 Å². The molecule has 0 radical (unpaired) electrons. The van der Waals surface area contributed by atoms with Crippen molar-refractivity contribution in [1.29, 1.82) is 0 Å². The van der Waals surface area contributed by atoms with Crippen molar-refractivity contribution < 1.29 is 19.4 Å². The number of aromatic carboxylic acids is 1. The third-order valence-corrected chi connectivity index (χ3v) is 3.70. The molecule has 1 amide bonds. The predicted octanol–water partition coefficient (Wildman–Crippen LogP) is 2.68. The van der Waals surface area contributed by atoms with Crippen LogP contribution in [-0.4, -0.2) is 33.9 Å². The van der Waals surface area contributed by atoms with E-state index in [1.165, 1.54) is 18.8 Å². The molecule has 7 heteroatoms. The zero-order valence-corrected chi connectivity index (χ0v) is 14.4. The van der Waals surface area contributed by atoms with Crippen molar-refractivity contribution in [1.82, 2.24) is 9.78 Å². The van der Waals surface area contributed by atoms with E-state index in [-0.39, 0.29) is 16.7 Å². The van der Waals surface area contributed by atoms with Crippen molar-refractivity contribution in [2.24, 2.45) is 7.05 Å². The second-order valence-corrected chi connectivity index (χ2v) is 6.45. The van der Waals surface area contributed by atoms with Gasteiger partial charge in [0.1, 0.15) is 17.0 Å². The van der Waals surface area contributed by atoms with Crippen LogP contribution in [0.5, 0.6) is 5.75 Å². The summed E-state index contributed by atoms with van der Waals surface area (Å²) in [6.07, 6.45) is 1.15. The second-order valence-electron chi connectivity index (χ2n) is 6.45. The van der Waals surface area contributed by atoms with E-state index in [1.54, 1.807) is 6.07 Å². The smallest absolute Gasteiger partial charge is 0.339 e. The van der Waals surface area contributed by atoms with Crippen LogP contribution < -0.4 is 10.1 Å². The summed E-state index contributed by atoms with van der Waals surface area (Å²) in [6.45, 7) is 6.18. The Morgan fingerprint density at radius 1 is 1.29 bits per heavy atom. The topological polar surface area (TPSA) is 93.4 Å². The number of carboxylic acids is 1. The SMILES string of the molecule is COc1ccc(C(C)(C)C)cc1NC(=O)c1c(C(=O)O)cnn1C. The number of hydrogen-bond donors (Lipinski definition) is 2. The van der Waals surface area contributed by atoms with Crippen LogP contribution in [0.15, 0.2) is 24.4 Å². The summed E-state index contributed by atoms with van der Waals surface area (Å²) in [7, 11) is 3.03. The molecule has 0 bridgehead atoms. The number of nitrogens with one attached hydrogen (secondary N) is 1. The van der Waals surface area contributed by atoms with Crippen LogP contribution in [0.3, 0.4) is 0 Å². The Kier molecular flexibility index (Phi) is 4.64. The lowest BCUT2D eigenvalue weighted by Gasteiger charge is -2.21. The summed E-state index contributed by atoms with van der Waals surface area (Å²) in [5.74, 6) is -1.27. The third kappa shape index (κ3) is 3.40. The molecule has 2 aromatic rings. The molecule has 0 saturated heterocycles. The highest BCUT2D eigenvalue weighted by Gasteiger charge is 2.23. The molecular formula is C17H21N3O4. The number of benzene rings is 1. The van der Waals surface area contributed by atoms with Gasteiger partial charge in [-0.3, -0.25) is 9.48 Å². The van der Waals surface area contributed by atoms with E-state index in [0.717, 1.165) is 11.8 Å². The summed E-state index contributed by atoms with van der Waals surface area (Å²) in [6, 6.07) is 5.53. The van der Waals surface area contributed by atoms with Gasteiger partial charge in [0.25, 0.3) is 5.91 Å². The lowest BCUT2D eigenvalue weighted by molar-refractivity contribution is 0.0692. The van der Waals surface area contributed by atoms with Crippen LogP contribution in [0, 0.1) is 0 Å². The van der Waals surface area contributed by atoms with Crippen LogP contribution in [0.1, 0.15) is 47.2 Å². The highest BCUT2D eigenvalue weighted by molar-refractivity contribution is 6.10. The van der Waals surface area contributed by atoms with Crippen LogP contribution in [0.25, 0.3) is 0 Å². The highest BCUT2D eigenvalue weighted by atomic mass is 16.5. The number of rotatable bonds is 4. The van der Waals surface area contributed by atoms with Crippen LogP contribution in [0.2, 0.25) is 0 Å². The quantitative estimate of drug-likeness (QED) is 0.898. The Labute approximate surface area is 140 Å². The largest absolute Gasteiger partial charge is 0.495 e. The number of carbonyl (C=O) groups is 2. The lowest BCUT2D eigenvalue weighted by atomic mass is 9.87. The standard InChI is InChI=1S/C17H21N3O4/c1-17(2,3)10-6-7-13(24-5)12(8-10)19-15(21)14-11(16(22)23)9-18-20(14)4/h6-9H,1-5H3,(H,19,21)(H,22,23). The molecule has 0 spiro atoms. The Hall–Kier alpha value is -2.83. The number of hydrogen-bond acceptors (Lipinski definition) is 4. The highest BCUT2D eigenvalue weighted by Crippen LogP contribution is 2.31. The molecule has 2 rings (SSSR count). The summed E-state index contributed by atoms with van der Waals surface area (Å²) in [5.41, 5.74) is 1.21. The van der Waals surface area contributed by atoms with Gasteiger partial charge in [0.15, 0.2) is 0 Å². The van der Waals surface area contributed by atoms with Gasteiger partial charge in [0, 0.05) is 7.05 Å². The van der Waals surface area contributed by atoms with Crippen molar-refractivity contribution in [3.8, 4) is 5.75 Å². The normalized spacial score (nSPS) is 11.2. The maximum Gasteiger partial charge on any atom is 0.339 e. The molecule has 128 valence electrons. The zero-order valence-electron chi connectivity index (χ0n) is 14.4. The fourth-order valence-electron chi connectivity index (χ4n) is 2.32. The first kappa shape index (κ1) is 17.5. The van der Waals surface area contributed by atoms with E-state index < -0.39 is 11.9 Å². The Morgan fingerprint density at radius 3 is 2.50 bits per heavy atom. The Morgan fingerprint density at radius 2 is 1.96 bits per heavy atom. The number of amides is 1. The predicted molar refractivity (Wildman–Crippen MR) is 89.8 cm³/mol. The van der Waals surface area contributed by atoms with Crippen LogP contribution in [-0.2, 0) is 12.5 Å². The van der Waals surface area contributed by atoms with Gasteiger partial charge in [-0.1, -0.05) is 26.8 Å². The average molecular weight is 331 g/mol. The number of aryl methyl sites for hydroxylation is 1. The van der Waals surface area contributed by atoms with Crippen molar-refractivity contribution in [3.63, 3.8) is 0 Å². The van der Waals surface area contributed by atoms with Gasteiger partial charge in [0.2, 0.25) is 0 Å². The second kappa shape index (κ2) is 6.35. The molecule has 1 aromatic carbocycles. The minimum atomic E-state index is -1.20. The molecule has 0 unspecified atom stereocenters. The fraction of sp³-hybridized carbons (Fsp3) is 0.353. The number of carboxylic acid groups (broad SMARTS) is 1. The first-order chi connectivity index (χ1) is 11.1. The van der Waals surface area contributed by atoms with Crippen molar-refractivity contribution >= 4 is 17.6 Å². The monoisotopic (exact) mass is 331 g/mol. The first-order valence-corrected chi connectivity index (χ1v) is 7.40. The molecule has 24 heavy (non-hydrogen) atoms. The van der Waals surface area contributed by atoms with E-state index in [2.05, 4.69) is 31.2 Å². The molecule has 0 aliphatic heterocycles. The number of methoxy groups -OCH3 is 1. The van der Waals surface area contributed by atoms with Gasteiger partial charge in [-0.05, 0) is 23.1 Å². The third-order valence-electron chi connectivity index (χ3n) is 3.70. The van der Waals surface area contributed by atoms with Crippen molar-refractivity contribution in [3.05, 3.63) is 41.2 Å². The van der Waals surface area contributed by atoms with E-state index in [1.807, 2.05) is 12.1 Å². The van der Waals surface area contributed by atoms with E-state index in [0.29, 0.717) is 11.4 Å². The summed E-state index contributed by atoms with van der Waals surface area (Å²) in [5, 5.41) is 15.8. The Balaban J connectivity index is 2.42. The van der Waals surface area contributed by atoms with Crippen molar-refractivity contribution in [2.45, 2.75) is 26.2 Å².